The summed E-state index contributed by atoms with van der Waals surface area (Å²) < 4.78 is 12.3. The van der Waals surface area contributed by atoms with Gasteiger partial charge in [-0.05, 0) is 28.2 Å². The van der Waals surface area contributed by atoms with Crippen molar-refractivity contribution in [2.75, 3.05) is 0 Å². The van der Waals surface area contributed by atoms with Gasteiger partial charge in [0.25, 0.3) is 5.78 Å². The van der Waals surface area contributed by atoms with Gasteiger partial charge in [-0.25, -0.2) is 4.79 Å². The van der Waals surface area contributed by atoms with Gasteiger partial charge in [0.1, 0.15) is 6.10 Å². The molecule has 0 heterocycles. The maximum absolute atomic E-state index is 13.0. The topological polar surface area (TPSA) is 52.6 Å². The largest absolute Gasteiger partial charge is 0.448 e. The van der Waals surface area contributed by atoms with Gasteiger partial charge in [0, 0.05) is 5.56 Å². The monoisotopic (exact) mass is 478 g/mol. The summed E-state index contributed by atoms with van der Waals surface area (Å²) in [5.41, 5.74) is 4.16. The molecule has 4 aromatic carbocycles. The first kappa shape index (κ1) is 25.1. The van der Waals surface area contributed by atoms with Crippen molar-refractivity contribution in [1.29, 1.82) is 0 Å². The average molecular weight is 479 g/mol. The van der Waals surface area contributed by atoms with E-state index in [9.17, 15) is 9.59 Å². The molecule has 0 N–H and O–H groups in total. The molecule has 4 rings (SSSR count). The van der Waals surface area contributed by atoms with Crippen molar-refractivity contribution in [2.24, 2.45) is 0 Å². The van der Waals surface area contributed by atoms with Gasteiger partial charge in [0.05, 0.1) is 6.61 Å². The molecule has 36 heavy (non-hydrogen) atoms. The number of esters is 1. The summed E-state index contributed by atoms with van der Waals surface area (Å²) in [5.74, 6) is -1.16. The predicted octanol–water partition coefficient (Wildman–Crippen LogP) is 7.24. The van der Waals surface area contributed by atoms with Crippen LogP contribution in [0.1, 0.15) is 64.6 Å². The Kier molecular flexibility index (Phi) is 8.43. The van der Waals surface area contributed by atoms with Crippen LogP contribution in [0.4, 0.5) is 0 Å². The number of hydrogen-bond donors (Lipinski definition) is 0. The van der Waals surface area contributed by atoms with Crippen molar-refractivity contribution in [3.8, 4) is 0 Å². The Morgan fingerprint density at radius 1 is 0.611 bits per heavy atom. The van der Waals surface area contributed by atoms with Crippen molar-refractivity contribution < 1.29 is 19.1 Å². The van der Waals surface area contributed by atoms with Crippen LogP contribution in [0.2, 0.25) is 0 Å². The third-order valence-corrected chi connectivity index (χ3v) is 6.06. The van der Waals surface area contributed by atoms with E-state index in [1.165, 1.54) is 5.56 Å². The maximum atomic E-state index is 13.0. The van der Waals surface area contributed by atoms with E-state index in [4.69, 9.17) is 9.47 Å². The van der Waals surface area contributed by atoms with E-state index in [1.807, 2.05) is 60.7 Å². The predicted molar refractivity (Wildman–Crippen MR) is 141 cm³/mol. The molecule has 0 aliphatic heterocycles. The molecule has 0 fully saturated rings. The first-order chi connectivity index (χ1) is 17.5. The molecule has 0 radical (unpaired) electrons. The Morgan fingerprint density at radius 3 is 1.64 bits per heavy atom. The third-order valence-electron chi connectivity index (χ3n) is 6.06. The van der Waals surface area contributed by atoms with Crippen LogP contribution >= 0.6 is 0 Å². The van der Waals surface area contributed by atoms with Crippen molar-refractivity contribution in [3.05, 3.63) is 143 Å². The van der Waals surface area contributed by atoms with Gasteiger partial charge in [0.2, 0.25) is 0 Å². The number of hydrogen-bond acceptors (Lipinski definition) is 4. The summed E-state index contributed by atoms with van der Waals surface area (Å²) in [5, 5.41) is 0. The first-order valence-corrected chi connectivity index (χ1v) is 12.1. The van der Waals surface area contributed by atoms with Gasteiger partial charge in [-0.2, -0.15) is 0 Å². The smallest absolute Gasteiger partial charge is 0.380 e. The molecule has 182 valence electrons. The van der Waals surface area contributed by atoms with Crippen LogP contribution in [-0.4, -0.2) is 11.8 Å². The number of ketones is 1. The van der Waals surface area contributed by atoms with Gasteiger partial charge in [0.15, 0.2) is 6.10 Å². The standard InChI is InChI=1S/C32H30O4/c1-23(2)25-20-18-24(19-21-25)22-35-30(27-14-8-4-9-15-27)31(28-16-10-5-11-17-28)36-32(34)29(33)26-12-6-3-7-13-26/h3-21,23,30-31H,22H2,1-2H3/t30-,31-/m1/s1. The molecule has 0 spiro atoms. The fourth-order valence-electron chi connectivity index (χ4n) is 4.01. The van der Waals surface area contributed by atoms with Crippen LogP contribution in [-0.2, 0) is 20.9 Å². The molecular formula is C32H30O4. The van der Waals surface area contributed by atoms with Gasteiger partial charge in [-0.3, -0.25) is 4.79 Å². The summed E-state index contributed by atoms with van der Waals surface area (Å²) in [6.45, 7) is 4.64. The fraction of sp³-hybridized carbons (Fsp3) is 0.188. The van der Waals surface area contributed by atoms with E-state index < -0.39 is 24.0 Å². The Hall–Kier alpha value is -4.02. The van der Waals surface area contributed by atoms with E-state index in [-0.39, 0.29) is 5.56 Å². The minimum atomic E-state index is -0.916. The third kappa shape index (κ3) is 6.35. The second-order valence-corrected chi connectivity index (χ2v) is 8.97. The van der Waals surface area contributed by atoms with Gasteiger partial charge < -0.3 is 9.47 Å². The van der Waals surface area contributed by atoms with Crippen molar-refractivity contribution in [2.45, 2.75) is 38.6 Å². The molecule has 4 heteroatoms. The second-order valence-electron chi connectivity index (χ2n) is 8.97. The van der Waals surface area contributed by atoms with Crippen LogP contribution < -0.4 is 0 Å². The Balaban J connectivity index is 1.64. The zero-order valence-electron chi connectivity index (χ0n) is 20.5. The lowest BCUT2D eigenvalue weighted by atomic mass is 9.97. The highest BCUT2D eigenvalue weighted by Crippen LogP contribution is 2.36. The highest BCUT2D eigenvalue weighted by Gasteiger charge is 2.32. The quantitative estimate of drug-likeness (QED) is 0.137. The number of ether oxygens (including phenoxy) is 2. The van der Waals surface area contributed by atoms with E-state index in [0.29, 0.717) is 12.5 Å². The molecule has 0 unspecified atom stereocenters. The van der Waals surface area contributed by atoms with Crippen LogP contribution in [0, 0.1) is 0 Å². The van der Waals surface area contributed by atoms with E-state index in [2.05, 4.69) is 38.1 Å². The van der Waals surface area contributed by atoms with E-state index in [0.717, 1.165) is 16.7 Å². The molecule has 0 aliphatic carbocycles. The Morgan fingerprint density at radius 2 is 1.11 bits per heavy atom. The highest BCUT2D eigenvalue weighted by atomic mass is 16.6. The normalized spacial score (nSPS) is 12.6. The minimum Gasteiger partial charge on any atom is -0.448 e. The Labute approximate surface area is 212 Å². The van der Waals surface area contributed by atoms with Crippen molar-refractivity contribution in [1.82, 2.24) is 0 Å². The summed E-state index contributed by atoms with van der Waals surface area (Å²) in [6.07, 6.45) is -1.44. The average Bonchev–Trinajstić information content (AvgIpc) is 2.93. The number of carbonyl (C=O) groups excluding carboxylic acids is 2. The lowest BCUT2D eigenvalue weighted by Gasteiger charge is -2.28. The number of rotatable bonds is 10. The van der Waals surface area contributed by atoms with Crippen molar-refractivity contribution >= 4 is 11.8 Å². The number of Topliss-reactive ketones (excluding diaryl/α,β-unsaturated/α-hetero) is 1. The fourth-order valence-corrected chi connectivity index (χ4v) is 4.01. The molecule has 2 atom stereocenters. The summed E-state index contributed by atoms with van der Waals surface area (Å²) in [6, 6.07) is 35.8. The van der Waals surface area contributed by atoms with E-state index in [1.54, 1.807) is 30.3 Å². The lowest BCUT2D eigenvalue weighted by molar-refractivity contribution is -0.154. The SMILES string of the molecule is CC(C)c1ccc(CO[C@H](c2ccccc2)[C@H](OC(=O)C(=O)c2ccccc2)c2ccccc2)cc1. The van der Waals surface area contributed by atoms with Crippen molar-refractivity contribution in [3.63, 3.8) is 0 Å². The molecule has 0 aromatic heterocycles. The molecule has 0 saturated heterocycles. The maximum Gasteiger partial charge on any atom is 0.380 e. The molecule has 0 aliphatic rings. The lowest BCUT2D eigenvalue weighted by Crippen LogP contribution is -2.25. The summed E-state index contributed by atoms with van der Waals surface area (Å²) in [7, 11) is 0. The molecule has 4 aromatic rings. The molecule has 0 saturated carbocycles. The van der Waals surface area contributed by atoms with Crippen LogP contribution in [0.5, 0.6) is 0 Å². The van der Waals surface area contributed by atoms with Crippen LogP contribution in [0.15, 0.2) is 115 Å². The number of benzene rings is 4. The Bertz CT molecular complexity index is 1250. The molecule has 4 nitrogen and oxygen atoms in total. The first-order valence-electron chi connectivity index (χ1n) is 12.1. The van der Waals surface area contributed by atoms with Crippen LogP contribution in [0.25, 0.3) is 0 Å². The van der Waals surface area contributed by atoms with Gasteiger partial charge in [-0.15, -0.1) is 0 Å². The summed E-state index contributed by atoms with van der Waals surface area (Å²) in [4.78, 5) is 25.8. The zero-order valence-corrected chi connectivity index (χ0v) is 20.5. The second kappa shape index (κ2) is 12.1. The summed E-state index contributed by atoms with van der Waals surface area (Å²) >= 11 is 0. The van der Waals surface area contributed by atoms with Crippen LogP contribution in [0.3, 0.4) is 0 Å². The highest BCUT2D eigenvalue weighted by molar-refractivity contribution is 6.40. The zero-order chi connectivity index (χ0) is 25.3. The molecular weight excluding hydrogens is 448 g/mol. The number of carbonyl (C=O) groups is 2. The molecule has 0 bridgehead atoms. The minimum absolute atomic E-state index is 0.289. The van der Waals surface area contributed by atoms with E-state index >= 15 is 0 Å². The van der Waals surface area contributed by atoms with Gasteiger partial charge >= 0.3 is 5.97 Å². The molecule has 0 amide bonds. The van der Waals surface area contributed by atoms with Gasteiger partial charge in [-0.1, -0.05) is 129 Å².